The standard InChI is InChI=1S/C14H19N3O3S/c1-9-4-10(21-8-9)5-15-14(19)17-3-2-12-11(6-17)16-13(18)7-20-12/h4,8,11-12H,2-3,5-7H2,1H3,(H,15,19)(H,16,18)/t11-,12-/m0/s1. The highest BCUT2D eigenvalue weighted by atomic mass is 32.1. The molecule has 3 amide bonds. The van der Waals surface area contributed by atoms with Crippen LogP contribution in [0.3, 0.4) is 0 Å². The van der Waals surface area contributed by atoms with E-state index >= 15 is 0 Å². The maximum atomic E-state index is 12.2. The fourth-order valence-electron chi connectivity index (χ4n) is 2.74. The van der Waals surface area contributed by atoms with Gasteiger partial charge in [-0.15, -0.1) is 11.3 Å². The molecule has 1 aromatic rings. The van der Waals surface area contributed by atoms with E-state index in [9.17, 15) is 9.59 Å². The number of fused-ring (bicyclic) bond motifs is 1. The Kier molecular flexibility index (Phi) is 4.12. The van der Waals surface area contributed by atoms with Crippen molar-refractivity contribution < 1.29 is 14.3 Å². The molecule has 6 nitrogen and oxygen atoms in total. The number of likely N-dealkylation sites (tertiary alicyclic amines) is 1. The van der Waals surface area contributed by atoms with Crippen molar-refractivity contribution in [1.29, 1.82) is 0 Å². The molecule has 0 radical (unpaired) electrons. The van der Waals surface area contributed by atoms with Crippen molar-refractivity contribution in [1.82, 2.24) is 15.5 Å². The van der Waals surface area contributed by atoms with Crippen molar-refractivity contribution >= 4 is 23.3 Å². The van der Waals surface area contributed by atoms with Gasteiger partial charge in [-0.3, -0.25) is 4.79 Å². The molecule has 0 spiro atoms. The van der Waals surface area contributed by atoms with Crippen LogP contribution in [-0.2, 0) is 16.1 Å². The van der Waals surface area contributed by atoms with Crippen molar-refractivity contribution in [3.63, 3.8) is 0 Å². The molecule has 7 heteroatoms. The first-order valence-electron chi connectivity index (χ1n) is 7.09. The van der Waals surface area contributed by atoms with Crippen molar-refractivity contribution in [3.05, 3.63) is 21.9 Å². The summed E-state index contributed by atoms with van der Waals surface area (Å²) in [7, 11) is 0. The summed E-state index contributed by atoms with van der Waals surface area (Å²) in [6.45, 7) is 3.88. The molecule has 0 saturated carbocycles. The smallest absolute Gasteiger partial charge is 0.317 e. The zero-order chi connectivity index (χ0) is 14.8. The maximum Gasteiger partial charge on any atom is 0.317 e. The van der Waals surface area contributed by atoms with E-state index in [1.165, 1.54) is 5.56 Å². The second-order valence-corrected chi connectivity index (χ2v) is 6.50. The van der Waals surface area contributed by atoms with Gasteiger partial charge in [0, 0.05) is 18.0 Å². The molecule has 2 saturated heterocycles. The Hall–Kier alpha value is -1.60. The Bertz CT molecular complexity index is 545. The Morgan fingerprint density at radius 1 is 1.62 bits per heavy atom. The van der Waals surface area contributed by atoms with Crippen LogP contribution in [0.15, 0.2) is 11.4 Å². The normalized spacial score (nSPS) is 25.2. The lowest BCUT2D eigenvalue weighted by Crippen LogP contribution is -2.62. The second-order valence-electron chi connectivity index (χ2n) is 5.51. The van der Waals surface area contributed by atoms with E-state index in [0.717, 1.165) is 11.3 Å². The highest BCUT2D eigenvalue weighted by molar-refractivity contribution is 7.10. The Balaban J connectivity index is 1.52. The number of hydrogen-bond donors (Lipinski definition) is 2. The van der Waals surface area contributed by atoms with Gasteiger partial charge in [-0.1, -0.05) is 0 Å². The van der Waals surface area contributed by atoms with E-state index in [1.807, 2.05) is 6.92 Å². The van der Waals surface area contributed by atoms with E-state index in [0.29, 0.717) is 19.6 Å². The molecular weight excluding hydrogens is 290 g/mol. The maximum absolute atomic E-state index is 12.2. The third-order valence-electron chi connectivity index (χ3n) is 3.81. The number of nitrogens with zero attached hydrogens (tertiary/aromatic N) is 1. The van der Waals surface area contributed by atoms with Crippen molar-refractivity contribution in [2.75, 3.05) is 19.7 Å². The number of ether oxygens (including phenoxy) is 1. The molecular formula is C14H19N3O3S. The number of aryl methyl sites for hydroxylation is 1. The van der Waals surface area contributed by atoms with Crippen LogP contribution in [0.2, 0.25) is 0 Å². The molecule has 0 unspecified atom stereocenters. The number of nitrogens with one attached hydrogen (secondary N) is 2. The lowest BCUT2D eigenvalue weighted by Gasteiger charge is -2.40. The highest BCUT2D eigenvalue weighted by Gasteiger charge is 2.36. The molecule has 2 fully saturated rings. The van der Waals surface area contributed by atoms with E-state index in [2.05, 4.69) is 22.1 Å². The van der Waals surface area contributed by atoms with Crippen LogP contribution in [0.4, 0.5) is 4.79 Å². The van der Waals surface area contributed by atoms with Gasteiger partial charge in [0.15, 0.2) is 0 Å². The van der Waals surface area contributed by atoms with Crippen molar-refractivity contribution in [3.8, 4) is 0 Å². The van der Waals surface area contributed by atoms with Crippen LogP contribution < -0.4 is 10.6 Å². The first kappa shape index (κ1) is 14.3. The molecule has 3 heterocycles. The van der Waals surface area contributed by atoms with Gasteiger partial charge in [-0.05, 0) is 30.4 Å². The molecule has 3 rings (SSSR count). The first-order valence-corrected chi connectivity index (χ1v) is 7.97. The van der Waals surface area contributed by atoms with Crippen LogP contribution in [0.25, 0.3) is 0 Å². The zero-order valence-electron chi connectivity index (χ0n) is 11.9. The van der Waals surface area contributed by atoms with Crippen LogP contribution >= 0.6 is 11.3 Å². The van der Waals surface area contributed by atoms with Gasteiger partial charge >= 0.3 is 6.03 Å². The molecule has 1 aromatic heterocycles. The average molecular weight is 309 g/mol. The summed E-state index contributed by atoms with van der Waals surface area (Å²) >= 11 is 1.65. The van der Waals surface area contributed by atoms with Crippen LogP contribution in [0.5, 0.6) is 0 Å². The fraction of sp³-hybridized carbons (Fsp3) is 0.571. The van der Waals surface area contributed by atoms with Gasteiger partial charge in [0.1, 0.15) is 6.61 Å². The van der Waals surface area contributed by atoms with Gasteiger partial charge in [0.25, 0.3) is 0 Å². The summed E-state index contributed by atoms with van der Waals surface area (Å²) in [5.74, 6) is -0.104. The van der Waals surface area contributed by atoms with Crippen molar-refractivity contribution in [2.45, 2.75) is 32.0 Å². The van der Waals surface area contributed by atoms with Gasteiger partial charge in [-0.25, -0.2) is 4.79 Å². The van der Waals surface area contributed by atoms with Gasteiger partial charge < -0.3 is 20.3 Å². The molecule has 2 atom stereocenters. The molecule has 0 bridgehead atoms. The third kappa shape index (κ3) is 3.36. The molecule has 0 aromatic carbocycles. The predicted octanol–water partition coefficient (Wildman–Crippen LogP) is 0.855. The third-order valence-corrected chi connectivity index (χ3v) is 4.86. The van der Waals surface area contributed by atoms with Crippen LogP contribution in [-0.4, -0.2) is 48.7 Å². The SMILES string of the molecule is Cc1csc(CNC(=O)N2CC[C@@H]3OCC(=O)N[C@H]3C2)c1. The van der Waals surface area contributed by atoms with E-state index in [-0.39, 0.29) is 30.7 Å². The molecule has 114 valence electrons. The number of thiophene rings is 1. The summed E-state index contributed by atoms with van der Waals surface area (Å²) < 4.78 is 5.49. The molecule has 0 aliphatic carbocycles. The number of urea groups is 1. The van der Waals surface area contributed by atoms with Crippen LogP contribution in [0.1, 0.15) is 16.9 Å². The van der Waals surface area contributed by atoms with E-state index in [4.69, 9.17) is 4.74 Å². The fourth-order valence-corrected chi connectivity index (χ4v) is 3.56. The Morgan fingerprint density at radius 3 is 3.24 bits per heavy atom. The number of amides is 3. The lowest BCUT2D eigenvalue weighted by atomic mass is 10.0. The van der Waals surface area contributed by atoms with E-state index < -0.39 is 0 Å². The number of rotatable bonds is 2. The predicted molar refractivity (Wildman–Crippen MR) is 79.2 cm³/mol. The minimum atomic E-state index is -0.104. The number of carbonyl (C=O) groups is 2. The monoisotopic (exact) mass is 309 g/mol. The minimum Gasteiger partial charge on any atom is -0.366 e. The molecule has 2 aliphatic rings. The van der Waals surface area contributed by atoms with Gasteiger partial charge in [0.2, 0.25) is 5.91 Å². The van der Waals surface area contributed by atoms with Gasteiger partial charge in [-0.2, -0.15) is 0 Å². The topological polar surface area (TPSA) is 70.7 Å². The minimum absolute atomic E-state index is 0.0340. The summed E-state index contributed by atoms with van der Waals surface area (Å²) in [6, 6.07) is 1.90. The van der Waals surface area contributed by atoms with Crippen molar-refractivity contribution in [2.24, 2.45) is 0 Å². The van der Waals surface area contributed by atoms with Gasteiger partial charge in [0.05, 0.1) is 18.7 Å². The molecule has 2 aliphatic heterocycles. The number of morpholine rings is 1. The quantitative estimate of drug-likeness (QED) is 0.851. The summed E-state index contributed by atoms with van der Waals surface area (Å²) in [6.07, 6.45) is 0.794. The van der Waals surface area contributed by atoms with E-state index in [1.54, 1.807) is 16.2 Å². The Morgan fingerprint density at radius 2 is 2.48 bits per heavy atom. The first-order chi connectivity index (χ1) is 10.1. The zero-order valence-corrected chi connectivity index (χ0v) is 12.7. The highest BCUT2D eigenvalue weighted by Crippen LogP contribution is 2.18. The number of piperidine rings is 1. The Labute approximate surface area is 127 Å². The average Bonchev–Trinajstić information content (AvgIpc) is 2.89. The van der Waals surface area contributed by atoms with Crippen LogP contribution in [0, 0.1) is 6.92 Å². The summed E-state index contributed by atoms with van der Waals surface area (Å²) in [5.41, 5.74) is 1.21. The number of carbonyl (C=O) groups excluding carboxylic acids is 2. The molecule has 2 N–H and O–H groups in total. The largest absolute Gasteiger partial charge is 0.366 e. The second kappa shape index (κ2) is 6.03. The summed E-state index contributed by atoms with van der Waals surface area (Å²) in [5, 5.41) is 7.90. The summed E-state index contributed by atoms with van der Waals surface area (Å²) in [4.78, 5) is 26.4. The lowest BCUT2D eigenvalue weighted by molar-refractivity contribution is -0.139. The number of hydrogen-bond acceptors (Lipinski definition) is 4. The molecule has 21 heavy (non-hydrogen) atoms.